The summed E-state index contributed by atoms with van der Waals surface area (Å²) in [5.74, 6) is 0.0889. The highest BCUT2D eigenvalue weighted by Gasteiger charge is 2.31. The second-order valence-electron chi connectivity index (χ2n) is 6.86. The number of aromatic nitrogens is 2. The predicted octanol–water partition coefficient (Wildman–Crippen LogP) is 1.69. The zero-order valence-electron chi connectivity index (χ0n) is 14.0. The molecule has 1 aliphatic rings. The van der Waals surface area contributed by atoms with Crippen LogP contribution >= 0.6 is 0 Å². The molecule has 0 spiro atoms. The van der Waals surface area contributed by atoms with E-state index < -0.39 is 0 Å². The highest BCUT2D eigenvalue weighted by atomic mass is 16.2. The molecule has 1 aliphatic heterocycles. The third kappa shape index (κ3) is 3.67. The van der Waals surface area contributed by atoms with Crippen LogP contribution < -0.4 is 0 Å². The van der Waals surface area contributed by atoms with Crippen LogP contribution in [-0.2, 0) is 11.2 Å². The van der Waals surface area contributed by atoms with E-state index in [9.17, 15) is 9.59 Å². The van der Waals surface area contributed by atoms with Crippen LogP contribution in [0.3, 0.4) is 0 Å². The van der Waals surface area contributed by atoms with Gasteiger partial charge in [-0.1, -0.05) is 34.1 Å². The molecule has 122 valence electrons. The van der Waals surface area contributed by atoms with Crippen molar-refractivity contribution in [2.24, 2.45) is 5.41 Å². The number of nitrogens with zero attached hydrogens (tertiary/aromatic N) is 3. The van der Waals surface area contributed by atoms with Crippen LogP contribution in [0, 0.1) is 5.41 Å². The molecule has 0 atom stereocenters. The Morgan fingerprint density at radius 2 is 1.77 bits per heavy atom. The first-order chi connectivity index (χ1) is 10.3. The lowest BCUT2D eigenvalue weighted by molar-refractivity contribution is -0.140. The quantitative estimate of drug-likeness (QED) is 0.924. The molecule has 2 rings (SSSR count). The summed E-state index contributed by atoms with van der Waals surface area (Å²) in [6.45, 7) is 10.2. The fraction of sp³-hybridized carbons (Fsp3) is 0.688. The van der Waals surface area contributed by atoms with Gasteiger partial charge in [0.05, 0.1) is 0 Å². The Morgan fingerprint density at radius 3 is 2.32 bits per heavy atom. The van der Waals surface area contributed by atoms with Gasteiger partial charge in [-0.05, 0) is 12.5 Å². The molecule has 0 unspecified atom stereocenters. The zero-order valence-corrected chi connectivity index (χ0v) is 14.0. The van der Waals surface area contributed by atoms with Crippen molar-refractivity contribution in [1.29, 1.82) is 0 Å². The second-order valence-corrected chi connectivity index (χ2v) is 6.86. The Labute approximate surface area is 131 Å². The van der Waals surface area contributed by atoms with Crippen LogP contribution in [0.2, 0.25) is 0 Å². The minimum Gasteiger partial charge on any atom is -0.339 e. The van der Waals surface area contributed by atoms with E-state index in [4.69, 9.17) is 0 Å². The van der Waals surface area contributed by atoms with Crippen LogP contribution in [-0.4, -0.2) is 58.0 Å². The van der Waals surface area contributed by atoms with Crippen molar-refractivity contribution in [2.75, 3.05) is 26.2 Å². The molecule has 0 aromatic carbocycles. The highest BCUT2D eigenvalue weighted by molar-refractivity contribution is 5.92. The molecule has 2 heterocycles. The number of H-pyrrole nitrogens is 1. The molecule has 1 fully saturated rings. The molecule has 1 saturated heterocycles. The first kappa shape index (κ1) is 16.5. The van der Waals surface area contributed by atoms with Crippen LogP contribution in [0.4, 0.5) is 0 Å². The number of carbonyl (C=O) groups excluding carboxylic acids is 2. The standard InChI is InChI=1S/C16H26N4O2/c1-5-6-12-11-13(18-17-12)14(21)19-7-9-20(10-8-19)15(22)16(2,3)4/h11H,5-10H2,1-4H3,(H,17,18). The molecule has 0 radical (unpaired) electrons. The fourth-order valence-corrected chi connectivity index (χ4v) is 2.62. The minimum absolute atomic E-state index is 0.0542. The van der Waals surface area contributed by atoms with E-state index in [-0.39, 0.29) is 17.2 Å². The fourth-order valence-electron chi connectivity index (χ4n) is 2.62. The first-order valence-electron chi connectivity index (χ1n) is 7.96. The van der Waals surface area contributed by atoms with Crippen LogP contribution in [0.1, 0.15) is 50.3 Å². The molecule has 1 N–H and O–H groups in total. The Morgan fingerprint density at radius 1 is 1.18 bits per heavy atom. The van der Waals surface area contributed by atoms with Crippen molar-refractivity contribution < 1.29 is 9.59 Å². The largest absolute Gasteiger partial charge is 0.339 e. The van der Waals surface area contributed by atoms with Gasteiger partial charge < -0.3 is 9.80 Å². The summed E-state index contributed by atoms with van der Waals surface area (Å²) in [7, 11) is 0. The molecule has 2 amide bonds. The van der Waals surface area contributed by atoms with Crippen LogP contribution in [0.25, 0.3) is 0 Å². The molecule has 0 bridgehead atoms. The lowest BCUT2D eigenvalue weighted by Crippen LogP contribution is -2.53. The highest BCUT2D eigenvalue weighted by Crippen LogP contribution is 2.19. The van der Waals surface area contributed by atoms with Gasteiger partial charge in [0, 0.05) is 37.3 Å². The van der Waals surface area contributed by atoms with E-state index in [1.165, 1.54) is 0 Å². The predicted molar refractivity (Wildman–Crippen MR) is 84.5 cm³/mol. The van der Waals surface area contributed by atoms with E-state index in [1.807, 2.05) is 31.7 Å². The van der Waals surface area contributed by atoms with Crippen molar-refractivity contribution in [3.05, 3.63) is 17.5 Å². The Hall–Kier alpha value is -1.85. The van der Waals surface area contributed by atoms with Gasteiger partial charge in [0.15, 0.2) is 0 Å². The van der Waals surface area contributed by atoms with Gasteiger partial charge in [-0.2, -0.15) is 5.10 Å². The average Bonchev–Trinajstić information content (AvgIpc) is 2.94. The molecular formula is C16H26N4O2. The SMILES string of the molecule is CCCc1cc(C(=O)N2CCN(C(=O)C(C)(C)C)CC2)n[nH]1. The van der Waals surface area contributed by atoms with Crippen LogP contribution in [0.15, 0.2) is 6.07 Å². The summed E-state index contributed by atoms with van der Waals surface area (Å²) in [6.07, 6.45) is 1.91. The van der Waals surface area contributed by atoms with E-state index in [0.29, 0.717) is 31.9 Å². The number of hydrogen-bond acceptors (Lipinski definition) is 3. The zero-order chi connectivity index (χ0) is 16.3. The maximum Gasteiger partial charge on any atom is 0.274 e. The molecule has 6 heteroatoms. The number of aryl methyl sites for hydroxylation is 1. The molecule has 1 aromatic rings. The topological polar surface area (TPSA) is 69.3 Å². The number of piperazine rings is 1. The summed E-state index contributed by atoms with van der Waals surface area (Å²) >= 11 is 0. The van der Waals surface area contributed by atoms with Gasteiger partial charge in [0.1, 0.15) is 5.69 Å². The number of nitrogens with one attached hydrogen (secondary N) is 1. The van der Waals surface area contributed by atoms with Gasteiger partial charge in [-0.25, -0.2) is 0 Å². The van der Waals surface area contributed by atoms with Gasteiger partial charge >= 0.3 is 0 Å². The third-order valence-corrected chi connectivity index (χ3v) is 3.87. The van der Waals surface area contributed by atoms with Gasteiger partial charge in [-0.15, -0.1) is 0 Å². The average molecular weight is 306 g/mol. The Bertz CT molecular complexity index is 537. The Kier molecular flexibility index (Phi) is 4.88. The summed E-state index contributed by atoms with van der Waals surface area (Å²) < 4.78 is 0. The van der Waals surface area contributed by atoms with E-state index in [2.05, 4.69) is 17.1 Å². The number of hydrogen-bond donors (Lipinski definition) is 1. The van der Waals surface area contributed by atoms with E-state index in [1.54, 1.807) is 4.90 Å². The summed E-state index contributed by atoms with van der Waals surface area (Å²) in [5.41, 5.74) is 1.09. The Balaban J connectivity index is 1.93. The maximum atomic E-state index is 12.4. The van der Waals surface area contributed by atoms with Crippen LogP contribution in [0.5, 0.6) is 0 Å². The van der Waals surface area contributed by atoms with Crippen molar-refractivity contribution in [1.82, 2.24) is 20.0 Å². The first-order valence-corrected chi connectivity index (χ1v) is 7.96. The minimum atomic E-state index is -0.372. The normalized spacial score (nSPS) is 16.0. The molecule has 0 aliphatic carbocycles. The van der Waals surface area contributed by atoms with Crippen molar-refractivity contribution in [3.8, 4) is 0 Å². The number of rotatable bonds is 3. The summed E-state index contributed by atoms with van der Waals surface area (Å²) in [6, 6.07) is 1.83. The number of aromatic amines is 1. The molecule has 0 saturated carbocycles. The molecule has 1 aromatic heterocycles. The van der Waals surface area contributed by atoms with Gasteiger partial charge in [0.2, 0.25) is 5.91 Å². The smallest absolute Gasteiger partial charge is 0.274 e. The lowest BCUT2D eigenvalue weighted by atomic mass is 9.94. The summed E-state index contributed by atoms with van der Waals surface area (Å²) in [5, 5.41) is 7.02. The monoisotopic (exact) mass is 306 g/mol. The van der Waals surface area contributed by atoms with E-state index in [0.717, 1.165) is 18.5 Å². The number of amides is 2. The van der Waals surface area contributed by atoms with Crippen molar-refractivity contribution in [2.45, 2.75) is 40.5 Å². The lowest BCUT2D eigenvalue weighted by Gasteiger charge is -2.37. The van der Waals surface area contributed by atoms with Gasteiger partial charge in [0.25, 0.3) is 5.91 Å². The summed E-state index contributed by atoms with van der Waals surface area (Å²) in [4.78, 5) is 28.3. The third-order valence-electron chi connectivity index (χ3n) is 3.87. The molecule has 22 heavy (non-hydrogen) atoms. The van der Waals surface area contributed by atoms with Gasteiger partial charge in [-0.3, -0.25) is 14.7 Å². The van der Waals surface area contributed by atoms with E-state index >= 15 is 0 Å². The van der Waals surface area contributed by atoms with Crippen molar-refractivity contribution >= 4 is 11.8 Å². The maximum absolute atomic E-state index is 12.4. The second kappa shape index (κ2) is 6.50. The number of carbonyl (C=O) groups is 2. The molecule has 6 nitrogen and oxygen atoms in total. The van der Waals surface area contributed by atoms with Crippen molar-refractivity contribution in [3.63, 3.8) is 0 Å². The molecular weight excluding hydrogens is 280 g/mol.